The van der Waals surface area contributed by atoms with Crippen molar-refractivity contribution in [3.8, 4) is 0 Å². The zero-order valence-electron chi connectivity index (χ0n) is 9.54. The van der Waals surface area contributed by atoms with E-state index in [1.165, 1.54) is 12.1 Å². The van der Waals surface area contributed by atoms with Crippen LogP contribution in [-0.4, -0.2) is 17.1 Å². The van der Waals surface area contributed by atoms with Crippen LogP contribution >= 0.6 is 11.6 Å². The Morgan fingerprint density at radius 2 is 2.29 bits per heavy atom. The van der Waals surface area contributed by atoms with E-state index in [1.54, 1.807) is 0 Å². The molecule has 0 fully saturated rings. The topological polar surface area (TPSA) is 49.3 Å². The van der Waals surface area contributed by atoms with Gasteiger partial charge in [0.15, 0.2) is 0 Å². The van der Waals surface area contributed by atoms with E-state index in [-0.39, 0.29) is 10.7 Å². The van der Waals surface area contributed by atoms with Crippen molar-refractivity contribution in [1.29, 1.82) is 0 Å². The third-order valence-corrected chi connectivity index (χ3v) is 2.64. The van der Waals surface area contributed by atoms with Crippen molar-refractivity contribution in [2.45, 2.75) is 32.2 Å². The van der Waals surface area contributed by atoms with Gasteiger partial charge in [0.2, 0.25) is 0 Å². The normalized spacial score (nSPS) is 12.2. The molecule has 0 amide bonds. The van der Waals surface area contributed by atoms with Crippen LogP contribution in [0.4, 0.5) is 10.1 Å². The lowest BCUT2D eigenvalue weighted by atomic mass is 10.1. The first-order valence-corrected chi connectivity index (χ1v) is 5.86. The van der Waals surface area contributed by atoms with E-state index < -0.39 is 17.8 Å². The second kappa shape index (κ2) is 6.45. The van der Waals surface area contributed by atoms with E-state index >= 15 is 0 Å². The van der Waals surface area contributed by atoms with E-state index in [2.05, 4.69) is 5.32 Å². The van der Waals surface area contributed by atoms with Gasteiger partial charge in [0.25, 0.3) is 0 Å². The SMILES string of the molecule is CCCCC(Nc1ccc(Cl)cc1F)C(=O)O. The molecule has 94 valence electrons. The Bertz CT molecular complexity index is 398. The average molecular weight is 260 g/mol. The number of hydrogen-bond acceptors (Lipinski definition) is 2. The Morgan fingerprint density at radius 3 is 2.82 bits per heavy atom. The number of carbonyl (C=O) groups is 1. The standard InChI is InChI=1S/C12H15ClFNO2/c1-2-3-4-11(12(16)17)15-10-6-5-8(13)7-9(10)14/h5-7,11,15H,2-4H2,1H3,(H,16,17). The number of rotatable bonds is 6. The van der Waals surface area contributed by atoms with Crippen LogP contribution in [0.1, 0.15) is 26.2 Å². The number of carboxylic acid groups (broad SMARTS) is 1. The quantitative estimate of drug-likeness (QED) is 0.822. The molecule has 0 aliphatic carbocycles. The predicted octanol–water partition coefficient (Wildman–Crippen LogP) is 3.53. The maximum atomic E-state index is 13.5. The van der Waals surface area contributed by atoms with Gasteiger partial charge in [0, 0.05) is 5.02 Å². The molecule has 0 aliphatic rings. The van der Waals surface area contributed by atoms with Crippen molar-refractivity contribution >= 4 is 23.3 Å². The van der Waals surface area contributed by atoms with Crippen LogP contribution in [0.5, 0.6) is 0 Å². The highest BCUT2D eigenvalue weighted by Gasteiger charge is 2.17. The summed E-state index contributed by atoms with van der Waals surface area (Å²) in [5.41, 5.74) is 0.165. The number of nitrogens with one attached hydrogen (secondary N) is 1. The Labute approximate surface area is 105 Å². The number of hydrogen-bond donors (Lipinski definition) is 2. The Morgan fingerprint density at radius 1 is 1.59 bits per heavy atom. The van der Waals surface area contributed by atoms with Gasteiger partial charge in [-0.25, -0.2) is 9.18 Å². The van der Waals surface area contributed by atoms with Crippen LogP contribution in [0.3, 0.4) is 0 Å². The molecule has 0 heterocycles. The van der Waals surface area contributed by atoms with E-state index in [9.17, 15) is 9.18 Å². The maximum absolute atomic E-state index is 13.5. The minimum atomic E-state index is -0.979. The molecule has 17 heavy (non-hydrogen) atoms. The van der Waals surface area contributed by atoms with Gasteiger partial charge < -0.3 is 10.4 Å². The largest absolute Gasteiger partial charge is 0.480 e. The third-order valence-electron chi connectivity index (χ3n) is 2.41. The van der Waals surface area contributed by atoms with Crippen LogP contribution < -0.4 is 5.32 Å². The lowest BCUT2D eigenvalue weighted by molar-refractivity contribution is -0.138. The Kier molecular flexibility index (Phi) is 5.22. The summed E-state index contributed by atoms with van der Waals surface area (Å²) in [7, 11) is 0. The zero-order valence-corrected chi connectivity index (χ0v) is 10.3. The number of anilines is 1. The minimum absolute atomic E-state index is 0.165. The minimum Gasteiger partial charge on any atom is -0.480 e. The highest BCUT2D eigenvalue weighted by atomic mass is 35.5. The summed E-state index contributed by atoms with van der Waals surface area (Å²) < 4.78 is 13.5. The second-order valence-electron chi connectivity index (χ2n) is 3.80. The van der Waals surface area contributed by atoms with Crippen LogP contribution in [0.2, 0.25) is 5.02 Å². The first-order valence-electron chi connectivity index (χ1n) is 5.49. The molecule has 1 atom stereocenters. The first-order chi connectivity index (χ1) is 8.04. The molecule has 0 saturated heterocycles. The molecule has 0 bridgehead atoms. The van der Waals surface area contributed by atoms with Crippen molar-refractivity contribution in [1.82, 2.24) is 0 Å². The summed E-state index contributed by atoms with van der Waals surface area (Å²) in [6, 6.07) is 3.35. The maximum Gasteiger partial charge on any atom is 0.326 e. The van der Waals surface area contributed by atoms with Gasteiger partial charge in [-0.3, -0.25) is 0 Å². The number of aliphatic carboxylic acids is 1. The average Bonchev–Trinajstić information content (AvgIpc) is 2.26. The van der Waals surface area contributed by atoms with Crippen LogP contribution in [-0.2, 0) is 4.79 Å². The third kappa shape index (κ3) is 4.23. The van der Waals surface area contributed by atoms with E-state index in [4.69, 9.17) is 16.7 Å². The van der Waals surface area contributed by atoms with Crippen LogP contribution in [0.15, 0.2) is 18.2 Å². The summed E-state index contributed by atoms with van der Waals surface area (Å²) in [6.45, 7) is 1.97. The van der Waals surface area contributed by atoms with E-state index in [1.807, 2.05) is 6.92 Å². The van der Waals surface area contributed by atoms with Gasteiger partial charge in [-0.1, -0.05) is 31.4 Å². The highest BCUT2D eigenvalue weighted by molar-refractivity contribution is 6.30. The molecular formula is C12H15ClFNO2. The number of carboxylic acids is 1. The van der Waals surface area contributed by atoms with Crippen LogP contribution in [0, 0.1) is 5.82 Å². The highest BCUT2D eigenvalue weighted by Crippen LogP contribution is 2.20. The number of unbranched alkanes of at least 4 members (excludes halogenated alkanes) is 1. The van der Waals surface area contributed by atoms with Crippen molar-refractivity contribution in [3.05, 3.63) is 29.0 Å². The fraction of sp³-hybridized carbons (Fsp3) is 0.417. The summed E-state index contributed by atoms with van der Waals surface area (Å²) in [4.78, 5) is 11.0. The molecular weight excluding hydrogens is 245 g/mol. The van der Waals surface area contributed by atoms with Gasteiger partial charge in [0.1, 0.15) is 11.9 Å². The molecule has 0 aromatic heterocycles. The smallest absolute Gasteiger partial charge is 0.326 e. The summed E-state index contributed by atoms with van der Waals surface area (Å²) in [6.07, 6.45) is 2.14. The molecule has 1 unspecified atom stereocenters. The molecule has 0 spiro atoms. The molecule has 0 aliphatic heterocycles. The lowest BCUT2D eigenvalue weighted by Gasteiger charge is -2.15. The predicted molar refractivity (Wildman–Crippen MR) is 66.0 cm³/mol. The van der Waals surface area contributed by atoms with E-state index in [0.717, 1.165) is 18.9 Å². The monoisotopic (exact) mass is 259 g/mol. The van der Waals surface area contributed by atoms with Gasteiger partial charge >= 0.3 is 5.97 Å². The van der Waals surface area contributed by atoms with Crippen LogP contribution in [0.25, 0.3) is 0 Å². The van der Waals surface area contributed by atoms with Gasteiger partial charge in [-0.15, -0.1) is 0 Å². The van der Waals surface area contributed by atoms with Gasteiger partial charge in [-0.2, -0.15) is 0 Å². The molecule has 0 radical (unpaired) electrons. The van der Waals surface area contributed by atoms with Crippen molar-refractivity contribution in [2.75, 3.05) is 5.32 Å². The number of halogens is 2. The fourth-order valence-electron chi connectivity index (χ4n) is 1.46. The fourth-order valence-corrected chi connectivity index (χ4v) is 1.62. The lowest BCUT2D eigenvalue weighted by Crippen LogP contribution is -2.29. The molecule has 1 aromatic rings. The summed E-state index contributed by atoms with van der Waals surface area (Å²) in [5.74, 6) is -1.52. The molecule has 3 nitrogen and oxygen atoms in total. The Balaban J connectivity index is 2.75. The van der Waals surface area contributed by atoms with Gasteiger partial charge in [0.05, 0.1) is 5.69 Å². The van der Waals surface area contributed by atoms with Crippen molar-refractivity contribution in [3.63, 3.8) is 0 Å². The Hall–Kier alpha value is -1.29. The summed E-state index contributed by atoms with van der Waals surface area (Å²) in [5, 5.41) is 12.0. The second-order valence-corrected chi connectivity index (χ2v) is 4.24. The molecule has 5 heteroatoms. The van der Waals surface area contributed by atoms with E-state index in [0.29, 0.717) is 6.42 Å². The van der Waals surface area contributed by atoms with Crippen molar-refractivity contribution in [2.24, 2.45) is 0 Å². The molecule has 0 saturated carbocycles. The molecule has 1 aromatic carbocycles. The van der Waals surface area contributed by atoms with Gasteiger partial charge in [-0.05, 0) is 24.6 Å². The zero-order chi connectivity index (χ0) is 12.8. The summed E-state index contributed by atoms with van der Waals surface area (Å²) >= 11 is 5.62. The molecule has 2 N–H and O–H groups in total. The molecule has 1 rings (SSSR count). The number of benzene rings is 1. The van der Waals surface area contributed by atoms with Crippen molar-refractivity contribution < 1.29 is 14.3 Å². The first kappa shape index (κ1) is 13.8.